The molecule has 0 radical (unpaired) electrons. The monoisotopic (exact) mass is 181 g/mol. The van der Waals surface area contributed by atoms with Gasteiger partial charge in [-0.2, -0.15) is 0 Å². The fourth-order valence-electron chi connectivity index (χ4n) is 2.29. The summed E-state index contributed by atoms with van der Waals surface area (Å²) in [6.45, 7) is 2.09. The van der Waals surface area contributed by atoms with Crippen molar-refractivity contribution >= 4 is 5.78 Å². The Kier molecular flexibility index (Phi) is 2.99. The molecule has 13 heavy (non-hydrogen) atoms. The minimum Gasteiger partial charge on any atom is -0.317 e. The average molecular weight is 181 g/mol. The predicted molar refractivity (Wildman–Crippen MR) is 52.6 cm³/mol. The number of hydrogen-bond donors (Lipinski definition) is 1. The molecule has 0 atom stereocenters. The van der Waals surface area contributed by atoms with Gasteiger partial charge in [0, 0.05) is 12.3 Å². The lowest BCUT2D eigenvalue weighted by Gasteiger charge is -2.28. The molecule has 1 saturated heterocycles. The predicted octanol–water partition coefficient (Wildman–Crippen LogP) is 1.75. The molecule has 2 nitrogen and oxygen atoms in total. The van der Waals surface area contributed by atoms with E-state index in [0.717, 1.165) is 38.3 Å². The van der Waals surface area contributed by atoms with Gasteiger partial charge in [-0.05, 0) is 31.8 Å². The van der Waals surface area contributed by atoms with Gasteiger partial charge in [-0.15, -0.1) is 0 Å². The molecule has 74 valence electrons. The highest BCUT2D eigenvalue weighted by molar-refractivity contribution is 5.81. The Morgan fingerprint density at radius 2 is 1.85 bits per heavy atom. The van der Waals surface area contributed by atoms with Crippen LogP contribution < -0.4 is 5.32 Å². The normalized spacial score (nSPS) is 25.5. The maximum atomic E-state index is 11.8. The minimum absolute atomic E-state index is 0.391. The van der Waals surface area contributed by atoms with Crippen LogP contribution in [0.5, 0.6) is 0 Å². The first-order valence-corrected chi connectivity index (χ1v) is 5.59. The van der Waals surface area contributed by atoms with Crippen LogP contribution in [0.15, 0.2) is 0 Å². The summed E-state index contributed by atoms with van der Waals surface area (Å²) in [7, 11) is 0. The van der Waals surface area contributed by atoms with E-state index >= 15 is 0 Å². The highest BCUT2D eigenvalue weighted by Gasteiger charge is 2.26. The van der Waals surface area contributed by atoms with Crippen molar-refractivity contribution in [3.8, 4) is 0 Å². The molecule has 0 aromatic carbocycles. The summed E-state index contributed by atoms with van der Waals surface area (Å²) >= 11 is 0. The van der Waals surface area contributed by atoms with Gasteiger partial charge in [-0.1, -0.05) is 19.3 Å². The standard InChI is InChI=1S/C11H19NO/c13-11(8-9-2-1-3-9)10-4-6-12-7-5-10/h9-10,12H,1-8H2. The van der Waals surface area contributed by atoms with Crippen molar-refractivity contribution < 1.29 is 4.79 Å². The molecule has 0 bridgehead atoms. The van der Waals surface area contributed by atoms with E-state index in [-0.39, 0.29) is 0 Å². The summed E-state index contributed by atoms with van der Waals surface area (Å²) in [5.74, 6) is 1.69. The molecule has 1 saturated carbocycles. The van der Waals surface area contributed by atoms with Gasteiger partial charge in [-0.25, -0.2) is 0 Å². The first kappa shape index (κ1) is 9.20. The van der Waals surface area contributed by atoms with Gasteiger partial charge in [0.25, 0.3) is 0 Å². The summed E-state index contributed by atoms with van der Waals surface area (Å²) in [4.78, 5) is 11.8. The lowest BCUT2D eigenvalue weighted by atomic mass is 9.78. The van der Waals surface area contributed by atoms with E-state index in [9.17, 15) is 4.79 Å². The zero-order valence-corrected chi connectivity index (χ0v) is 8.22. The molecule has 0 aromatic heterocycles. The summed E-state index contributed by atoms with van der Waals surface area (Å²) in [5, 5.41) is 3.30. The topological polar surface area (TPSA) is 29.1 Å². The first-order valence-electron chi connectivity index (χ1n) is 5.59. The van der Waals surface area contributed by atoms with Crippen molar-refractivity contribution in [2.24, 2.45) is 11.8 Å². The third-order valence-corrected chi connectivity index (χ3v) is 3.51. The number of nitrogens with one attached hydrogen (secondary N) is 1. The second-order valence-electron chi connectivity index (χ2n) is 4.49. The van der Waals surface area contributed by atoms with Gasteiger partial charge in [-0.3, -0.25) is 4.79 Å². The molecular formula is C11H19NO. The van der Waals surface area contributed by atoms with Gasteiger partial charge in [0.2, 0.25) is 0 Å². The fraction of sp³-hybridized carbons (Fsp3) is 0.909. The van der Waals surface area contributed by atoms with Crippen LogP contribution in [-0.4, -0.2) is 18.9 Å². The van der Waals surface area contributed by atoms with Gasteiger partial charge in [0.05, 0.1) is 0 Å². The first-order chi connectivity index (χ1) is 6.36. The van der Waals surface area contributed by atoms with E-state index in [0.29, 0.717) is 11.7 Å². The molecule has 2 fully saturated rings. The Balaban J connectivity index is 1.74. The zero-order valence-electron chi connectivity index (χ0n) is 8.22. The van der Waals surface area contributed by atoms with Crippen LogP contribution in [0, 0.1) is 11.8 Å². The van der Waals surface area contributed by atoms with Crippen molar-refractivity contribution in [2.75, 3.05) is 13.1 Å². The smallest absolute Gasteiger partial charge is 0.136 e. The van der Waals surface area contributed by atoms with Crippen molar-refractivity contribution in [3.05, 3.63) is 0 Å². The van der Waals surface area contributed by atoms with Gasteiger partial charge < -0.3 is 5.32 Å². The third-order valence-electron chi connectivity index (χ3n) is 3.51. The van der Waals surface area contributed by atoms with E-state index in [1.54, 1.807) is 0 Å². The molecule has 1 heterocycles. The summed E-state index contributed by atoms with van der Waals surface area (Å²) in [6.07, 6.45) is 6.99. The highest BCUT2D eigenvalue weighted by Crippen LogP contribution is 2.31. The fourth-order valence-corrected chi connectivity index (χ4v) is 2.29. The Hall–Kier alpha value is -0.370. The summed E-state index contributed by atoms with van der Waals surface area (Å²) < 4.78 is 0. The average Bonchev–Trinajstić information content (AvgIpc) is 2.12. The molecule has 2 heteroatoms. The van der Waals surface area contributed by atoms with Crippen LogP contribution in [0.1, 0.15) is 38.5 Å². The maximum Gasteiger partial charge on any atom is 0.136 e. The highest BCUT2D eigenvalue weighted by atomic mass is 16.1. The van der Waals surface area contributed by atoms with Crippen LogP contribution in [0.2, 0.25) is 0 Å². The van der Waals surface area contributed by atoms with E-state index in [4.69, 9.17) is 0 Å². The minimum atomic E-state index is 0.391. The van der Waals surface area contributed by atoms with Crippen molar-refractivity contribution in [1.29, 1.82) is 0 Å². The Morgan fingerprint density at radius 1 is 1.15 bits per heavy atom. The van der Waals surface area contributed by atoms with E-state index in [2.05, 4.69) is 5.32 Å². The van der Waals surface area contributed by atoms with Crippen LogP contribution in [0.25, 0.3) is 0 Å². The van der Waals surface area contributed by atoms with Gasteiger partial charge in [0.15, 0.2) is 0 Å². The molecule has 0 unspecified atom stereocenters. The number of hydrogen-bond acceptors (Lipinski definition) is 2. The second kappa shape index (κ2) is 4.23. The van der Waals surface area contributed by atoms with Crippen LogP contribution in [0.3, 0.4) is 0 Å². The lowest BCUT2D eigenvalue weighted by molar-refractivity contribution is -0.125. The quantitative estimate of drug-likeness (QED) is 0.718. The number of ketones is 1. The van der Waals surface area contributed by atoms with Crippen LogP contribution in [0.4, 0.5) is 0 Å². The number of rotatable bonds is 3. The number of piperidine rings is 1. The summed E-state index contributed by atoms with van der Waals surface area (Å²) in [6, 6.07) is 0. The Bertz CT molecular complexity index is 181. The Labute approximate surface area is 80.1 Å². The van der Waals surface area contributed by atoms with Crippen LogP contribution in [-0.2, 0) is 4.79 Å². The van der Waals surface area contributed by atoms with E-state index in [1.165, 1.54) is 19.3 Å². The summed E-state index contributed by atoms with van der Waals surface area (Å²) in [5.41, 5.74) is 0. The SMILES string of the molecule is O=C(CC1CCC1)C1CCNCC1. The molecule has 2 rings (SSSR count). The molecule has 0 spiro atoms. The van der Waals surface area contributed by atoms with Gasteiger partial charge >= 0.3 is 0 Å². The van der Waals surface area contributed by atoms with E-state index < -0.39 is 0 Å². The number of Topliss-reactive ketones (excluding diaryl/α,β-unsaturated/α-hetero) is 1. The third kappa shape index (κ3) is 2.31. The number of carbonyl (C=O) groups is 1. The van der Waals surface area contributed by atoms with Crippen molar-refractivity contribution in [3.63, 3.8) is 0 Å². The maximum absolute atomic E-state index is 11.8. The van der Waals surface area contributed by atoms with Crippen LogP contribution >= 0.6 is 0 Å². The molecule has 1 aliphatic carbocycles. The van der Waals surface area contributed by atoms with Crippen molar-refractivity contribution in [1.82, 2.24) is 5.32 Å². The number of carbonyl (C=O) groups excluding carboxylic acids is 1. The molecular weight excluding hydrogens is 162 g/mol. The molecule has 0 amide bonds. The molecule has 0 aromatic rings. The Morgan fingerprint density at radius 3 is 2.38 bits per heavy atom. The molecule has 2 aliphatic rings. The van der Waals surface area contributed by atoms with Crippen molar-refractivity contribution in [2.45, 2.75) is 38.5 Å². The van der Waals surface area contributed by atoms with Gasteiger partial charge in [0.1, 0.15) is 5.78 Å². The zero-order chi connectivity index (χ0) is 9.10. The molecule has 1 N–H and O–H groups in total. The largest absolute Gasteiger partial charge is 0.317 e. The molecule has 1 aliphatic heterocycles. The lowest BCUT2D eigenvalue weighted by Crippen LogP contribution is -2.33. The second-order valence-corrected chi connectivity index (χ2v) is 4.49. The van der Waals surface area contributed by atoms with E-state index in [1.807, 2.05) is 0 Å².